The van der Waals surface area contributed by atoms with E-state index < -0.39 is 123 Å². The van der Waals surface area contributed by atoms with Crippen LogP contribution in [0.2, 0.25) is 0 Å². The molecule has 149 heavy (non-hydrogen) atoms. The number of nitrogens with one attached hydrogen (secondary N) is 5. The molecule has 4 aromatic carbocycles. The van der Waals surface area contributed by atoms with Crippen molar-refractivity contribution in [2.45, 2.75) is 268 Å². The maximum atomic E-state index is 12.7. The fourth-order valence-electron chi connectivity index (χ4n) is 17.8. The minimum atomic E-state index is -4.20. The molecule has 10 saturated heterocycles. The topological polar surface area (TPSA) is 266 Å². The number of amides is 6. The van der Waals surface area contributed by atoms with Crippen molar-refractivity contribution in [1.82, 2.24) is 40.3 Å². The lowest BCUT2D eigenvalue weighted by molar-refractivity contribution is -0.144. The van der Waals surface area contributed by atoms with Crippen LogP contribution < -0.4 is 58.5 Å². The molecular weight excluding hydrogens is 2200 g/mol. The van der Waals surface area contributed by atoms with Gasteiger partial charge in [0.1, 0.15) is 11.6 Å². The molecule has 17 rings (SSSR count). The second-order valence-corrected chi connectivity index (χ2v) is 44.7. The number of nitrogen functional groups attached to an aromatic ring is 1. The molecule has 7 N–H and O–H groups in total. The summed E-state index contributed by atoms with van der Waals surface area (Å²) in [6.45, 7) is 49.2. The van der Waals surface area contributed by atoms with Crippen molar-refractivity contribution in [3.05, 3.63) is 162 Å². The molecular formula is C105H149B3ClF13I2N14O11. The highest BCUT2D eigenvalue weighted by molar-refractivity contribution is 14.1. The summed E-state index contributed by atoms with van der Waals surface area (Å²) in [4.78, 5) is 59.3. The van der Waals surface area contributed by atoms with Crippen molar-refractivity contribution < 1.29 is 109 Å². The van der Waals surface area contributed by atoms with E-state index in [2.05, 4.69) is 142 Å². The molecule has 826 valence electrons. The van der Waals surface area contributed by atoms with Gasteiger partial charge in [-0.3, -0.25) is 0 Å². The minimum absolute atomic E-state index is 0. The Kier molecular flexibility index (Phi) is 46.2. The number of benzene rings is 4. The summed E-state index contributed by atoms with van der Waals surface area (Å²) >= 11 is 4.38. The number of piperidine rings is 1. The predicted octanol–water partition coefficient (Wildman–Crippen LogP) is 22.4. The van der Waals surface area contributed by atoms with Crippen molar-refractivity contribution in [3.63, 3.8) is 0 Å². The SMILES string of the molecule is C.C1CCNCC1.Cc1cc(-c2cc(NC(=O)N3CC[C@@H](CC(F)(F)F)C3)ccc2C)cc(N2CCOCC2)n1.Cc1cc(I)cc(F)n1.Cc1cc(I)cc(N2CCOCC2)n1.Cc1ccc(N)cc1B1OC(C)(C)C(C)(C)O1.Cc1ccc(NC(=O)N2CC[C@@H](CC(F)(F)F)C2)cc1B1OC(C)(C)C(C)(C)O1.Cc1ccc(NC(=O)N2CC[C@@H](CC(F)(F)F)C2)cc1B1OC(C)(C)C(C)(C)O1.Cl.FC(F)(F)C[C@@H]1CCNC1. The Morgan fingerprint density at radius 3 is 1.06 bits per heavy atom. The van der Waals surface area contributed by atoms with Crippen LogP contribution in [0.4, 0.5) is 106 Å². The number of halogens is 16. The average Bonchev–Trinajstić information content (AvgIpc) is 1.62. The van der Waals surface area contributed by atoms with Crippen LogP contribution in [0.1, 0.15) is 200 Å². The van der Waals surface area contributed by atoms with E-state index in [0.717, 1.165) is 134 Å². The summed E-state index contributed by atoms with van der Waals surface area (Å²) in [5.74, 6) is -0.229. The molecule has 0 aliphatic carbocycles. The Morgan fingerprint density at radius 1 is 0.403 bits per heavy atom. The Bertz CT molecular complexity index is 5250. The molecule has 0 saturated carbocycles. The normalized spacial score (nSPS) is 20.9. The van der Waals surface area contributed by atoms with Crippen molar-refractivity contribution >= 4 is 148 Å². The number of aromatic nitrogens is 3. The molecule has 0 spiro atoms. The second-order valence-electron chi connectivity index (χ2n) is 42.2. The summed E-state index contributed by atoms with van der Waals surface area (Å²) in [6, 6.07) is 32.7. The lowest BCUT2D eigenvalue weighted by atomic mass is 9.76. The molecule has 7 aromatic rings. The number of aryl methyl sites for hydroxylation is 7. The Balaban J connectivity index is 0.000000217. The third kappa shape index (κ3) is 39.2. The molecule has 10 aliphatic heterocycles. The van der Waals surface area contributed by atoms with Gasteiger partial charge in [-0.1, -0.05) is 54.8 Å². The Morgan fingerprint density at radius 2 is 0.732 bits per heavy atom. The first kappa shape index (κ1) is 126. The van der Waals surface area contributed by atoms with Crippen LogP contribution in [0.25, 0.3) is 11.1 Å². The number of nitrogens with two attached hydrogens (primary N) is 1. The second kappa shape index (κ2) is 54.5. The minimum Gasteiger partial charge on any atom is -0.399 e. The van der Waals surface area contributed by atoms with Gasteiger partial charge in [0, 0.05) is 144 Å². The maximum absolute atomic E-state index is 12.7. The van der Waals surface area contributed by atoms with E-state index in [1.807, 2.05) is 158 Å². The number of ether oxygens (including phenoxy) is 2. The molecule has 0 radical (unpaired) electrons. The molecule has 3 aromatic heterocycles. The molecule has 0 unspecified atom stereocenters. The van der Waals surface area contributed by atoms with Crippen molar-refractivity contribution in [3.8, 4) is 11.1 Å². The quantitative estimate of drug-likeness (QED) is 0.0206. The van der Waals surface area contributed by atoms with Gasteiger partial charge in [-0.15, -0.1) is 12.4 Å². The third-order valence-corrected chi connectivity index (χ3v) is 29.5. The lowest BCUT2D eigenvalue weighted by Gasteiger charge is -2.32. The maximum Gasteiger partial charge on any atom is 0.495 e. The first-order chi connectivity index (χ1) is 68.5. The van der Waals surface area contributed by atoms with Gasteiger partial charge in [-0.25, -0.2) is 29.3 Å². The van der Waals surface area contributed by atoms with Crippen molar-refractivity contribution in [1.29, 1.82) is 0 Å². The van der Waals surface area contributed by atoms with Gasteiger partial charge < -0.3 is 94.2 Å². The van der Waals surface area contributed by atoms with Gasteiger partial charge in [-0.05, 0) is 377 Å². The van der Waals surface area contributed by atoms with Crippen LogP contribution in [0.15, 0.2) is 109 Å². The first-order valence-corrected chi connectivity index (χ1v) is 52.3. The van der Waals surface area contributed by atoms with E-state index in [-0.39, 0.29) is 69.7 Å². The standard InChI is InChI=1S/C24H29F3N4O2.2C20H28BF3N2O3.C13H20BNO2.C10H13IN2O.C6H10F3N.C6H5FIN.C5H11N.CH4.ClH/c1-16-3-4-20(29-23(32)31-6-5-18(15-31)14-24(25,26)27)13-21(16)19-11-17(2)28-22(12-19)30-7-9-33-10-8-30;2*1-13-6-7-15(10-16(13)21-28-18(2,3)19(4,5)29-21)25-17(27)26-9-8-14(12-26)11-20(22,23)24;1-9-6-7-10(15)8-11(9)14-16-12(2,3)13(4,5)17-14;1-8-6-9(11)7-10(12-8)13-2-4-14-5-3-13;7-6(8,9)3-5-1-2-10-4-5;1-4-2-5(8)3-6(7)9-4;1-2-4-6-5-3-1;;/h3-4,11-13,18H,5-10,14-15H2,1-2H3,(H,29,32);2*6-7,10,14H,8-9,11-12H2,1-5H3,(H,25,27);6-8H,15H2,1-5H3;6-7H,2-5H2,1H3;5,10H,1-4H2;2-3H,1H3;6H,1-5H2;1H4;1H/t18-;2*14-;;;5-;;;;/m000..0..../s1. The zero-order valence-electron chi connectivity index (χ0n) is 88.2. The molecule has 0 bridgehead atoms. The number of rotatable bonds is 13. The van der Waals surface area contributed by atoms with E-state index in [9.17, 15) is 71.5 Å². The zero-order valence-corrected chi connectivity index (χ0v) is 93.3. The fourth-order valence-corrected chi connectivity index (χ4v) is 19.3. The number of alkyl halides is 12. The Labute approximate surface area is 904 Å². The number of urea groups is 3. The van der Waals surface area contributed by atoms with Crippen LogP contribution in [0, 0.1) is 85.2 Å². The van der Waals surface area contributed by atoms with E-state index in [4.69, 9.17) is 43.1 Å². The van der Waals surface area contributed by atoms with Gasteiger partial charge in [-0.2, -0.15) is 57.1 Å². The van der Waals surface area contributed by atoms with E-state index in [0.29, 0.717) is 82.1 Å². The van der Waals surface area contributed by atoms with Gasteiger partial charge >= 0.3 is 64.2 Å². The predicted molar refractivity (Wildman–Crippen MR) is 584 cm³/mol. The number of nitrogens with zero attached hydrogens (tertiary/aromatic N) is 8. The van der Waals surface area contributed by atoms with E-state index in [1.54, 1.807) is 31.2 Å². The summed E-state index contributed by atoms with van der Waals surface area (Å²) < 4.78 is 210. The Hall–Kier alpha value is -7.83. The number of carbonyl (C=O) groups is 3. The number of morpholine rings is 2. The van der Waals surface area contributed by atoms with Crippen LogP contribution in [0.5, 0.6) is 0 Å². The van der Waals surface area contributed by atoms with Crippen molar-refractivity contribution in [2.75, 3.05) is 150 Å². The van der Waals surface area contributed by atoms with E-state index >= 15 is 0 Å². The van der Waals surface area contributed by atoms with Crippen LogP contribution in [0.3, 0.4) is 0 Å². The number of likely N-dealkylation sites (tertiary alicyclic amines) is 3. The highest BCUT2D eigenvalue weighted by Crippen LogP contribution is 2.43. The third-order valence-electron chi connectivity index (χ3n) is 28.3. The highest BCUT2D eigenvalue weighted by Gasteiger charge is 2.55. The number of hydrogen-bond acceptors (Lipinski definition) is 19. The molecule has 44 heteroatoms. The average molecular weight is 2350 g/mol. The van der Waals surface area contributed by atoms with Crippen molar-refractivity contribution in [2.24, 2.45) is 23.7 Å². The van der Waals surface area contributed by atoms with E-state index in [1.165, 1.54) is 56.7 Å². The lowest BCUT2D eigenvalue weighted by Crippen LogP contribution is -2.41. The van der Waals surface area contributed by atoms with Crippen LogP contribution >= 0.6 is 57.6 Å². The number of anilines is 6. The van der Waals surface area contributed by atoms with Gasteiger partial charge in [0.05, 0.1) is 60.0 Å². The van der Waals surface area contributed by atoms with Gasteiger partial charge in [0.2, 0.25) is 5.95 Å². The molecule has 6 amide bonds. The zero-order chi connectivity index (χ0) is 108. The molecule has 10 fully saturated rings. The first-order valence-electron chi connectivity index (χ1n) is 50.2. The largest absolute Gasteiger partial charge is 0.495 e. The van der Waals surface area contributed by atoms with Gasteiger partial charge in [0.25, 0.3) is 0 Å². The monoisotopic (exact) mass is 2350 g/mol. The molecule has 13 heterocycles. The summed E-state index contributed by atoms with van der Waals surface area (Å²) in [5, 5.41) is 14.6. The highest BCUT2D eigenvalue weighted by atomic mass is 127. The smallest absolute Gasteiger partial charge is 0.399 e. The summed E-state index contributed by atoms with van der Waals surface area (Å²) in [5.41, 5.74) is 17.2. The number of hydrogen-bond donors (Lipinski definition) is 6. The summed E-state index contributed by atoms with van der Waals surface area (Å²) in [7, 11) is -1.44. The van der Waals surface area contributed by atoms with Gasteiger partial charge in [0.15, 0.2) is 0 Å². The van der Waals surface area contributed by atoms with Crippen LogP contribution in [-0.4, -0.2) is 245 Å². The molecule has 10 aliphatic rings. The number of pyridine rings is 3. The summed E-state index contributed by atoms with van der Waals surface area (Å²) in [6.07, 6.45) is -13.8. The number of carbonyl (C=O) groups excluding carboxylic acids is 3. The molecule has 25 nitrogen and oxygen atoms in total. The molecule has 4 atom stereocenters. The van der Waals surface area contributed by atoms with Crippen LogP contribution in [-0.2, 0) is 37.4 Å². The fraction of sp³-hybridized carbons (Fsp3) is 0.600.